The lowest BCUT2D eigenvalue weighted by atomic mass is 10.1. The monoisotopic (exact) mass is 305 g/mol. The molecule has 1 amide bonds. The molecule has 0 aliphatic carbocycles. The minimum absolute atomic E-state index is 0.0288. The molecule has 116 valence electrons. The summed E-state index contributed by atoms with van der Waals surface area (Å²) in [5.74, 6) is -2.10. The summed E-state index contributed by atoms with van der Waals surface area (Å²) in [6.07, 6.45) is 4.83. The number of carbonyl (C=O) groups excluding carboxylic acids is 1. The number of carbonyl (C=O) groups is 2. The normalized spacial score (nSPS) is 11.9. The number of aliphatic carboxylic acids is 1. The molecular weight excluding hydrogens is 290 g/mol. The number of carboxylic acids is 1. The molecule has 0 spiro atoms. The molecule has 0 fully saturated rings. The number of pyridine rings is 1. The number of rotatable bonds is 5. The Morgan fingerprint density at radius 2 is 2.14 bits per heavy atom. The number of hydrogen-bond donors (Lipinski definition) is 4. The molecule has 2 aromatic rings. The zero-order valence-electron chi connectivity index (χ0n) is 11.7. The molecule has 2 heterocycles. The minimum atomic E-state index is -1.41. The van der Waals surface area contributed by atoms with Crippen molar-refractivity contribution in [1.82, 2.24) is 20.1 Å². The Hall–Kier alpha value is -2.94. The van der Waals surface area contributed by atoms with Crippen molar-refractivity contribution in [2.45, 2.75) is 6.04 Å². The van der Waals surface area contributed by atoms with E-state index in [-0.39, 0.29) is 11.4 Å². The molecule has 2 aromatic heterocycles. The lowest BCUT2D eigenvalue weighted by molar-refractivity contribution is -0.140. The summed E-state index contributed by atoms with van der Waals surface area (Å²) >= 11 is 0. The van der Waals surface area contributed by atoms with Gasteiger partial charge in [-0.25, -0.2) is 9.78 Å². The van der Waals surface area contributed by atoms with Gasteiger partial charge in [-0.2, -0.15) is 5.10 Å². The van der Waals surface area contributed by atoms with E-state index >= 15 is 0 Å². The Labute approximate surface area is 125 Å². The molecule has 0 aliphatic heterocycles. The van der Waals surface area contributed by atoms with Crippen molar-refractivity contribution in [2.75, 3.05) is 12.3 Å². The summed E-state index contributed by atoms with van der Waals surface area (Å²) in [6, 6.07) is 0.0827. The number of nitrogen functional groups attached to an aromatic ring is 1. The van der Waals surface area contributed by atoms with Crippen LogP contribution in [-0.4, -0.2) is 49.5 Å². The molecule has 9 heteroatoms. The number of nitrogens with zero attached hydrogens (tertiary/aromatic N) is 3. The largest absolute Gasteiger partial charge is 0.480 e. The smallest absolute Gasteiger partial charge is 0.328 e. The molecule has 9 nitrogen and oxygen atoms in total. The summed E-state index contributed by atoms with van der Waals surface area (Å²) in [6.45, 7) is -0.725. The summed E-state index contributed by atoms with van der Waals surface area (Å²) in [5.41, 5.74) is 7.04. The SMILES string of the molecule is Cn1cc(-c2cnc(N)c(C(=O)N[C@@H](CO)C(=O)O)c2)cn1. The van der Waals surface area contributed by atoms with E-state index in [1.54, 1.807) is 24.1 Å². The Bertz CT molecular complexity index is 712. The summed E-state index contributed by atoms with van der Waals surface area (Å²) in [5, 5.41) is 24.0. The summed E-state index contributed by atoms with van der Waals surface area (Å²) in [7, 11) is 1.75. The van der Waals surface area contributed by atoms with Crippen molar-refractivity contribution in [1.29, 1.82) is 0 Å². The van der Waals surface area contributed by atoms with E-state index in [0.717, 1.165) is 5.56 Å². The molecule has 0 radical (unpaired) electrons. The second-order valence-corrected chi connectivity index (χ2v) is 4.61. The zero-order valence-corrected chi connectivity index (χ0v) is 11.7. The number of nitrogens with two attached hydrogens (primary N) is 1. The number of carboxylic acid groups (broad SMARTS) is 1. The Morgan fingerprint density at radius 1 is 1.41 bits per heavy atom. The maximum Gasteiger partial charge on any atom is 0.328 e. The summed E-state index contributed by atoms with van der Waals surface area (Å²) in [4.78, 5) is 26.9. The fourth-order valence-corrected chi connectivity index (χ4v) is 1.81. The van der Waals surface area contributed by atoms with Gasteiger partial charge in [0.05, 0.1) is 18.4 Å². The van der Waals surface area contributed by atoms with Gasteiger partial charge in [-0.1, -0.05) is 0 Å². The van der Waals surface area contributed by atoms with Crippen LogP contribution in [0.2, 0.25) is 0 Å². The van der Waals surface area contributed by atoms with Crippen LogP contribution in [0.15, 0.2) is 24.7 Å². The van der Waals surface area contributed by atoms with Gasteiger partial charge in [0, 0.05) is 30.6 Å². The van der Waals surface area contributed by atoms with Crippen LogP contribution in [0.5, 0.6) is 0 Å². The number of aliphatic hydroxyl groups is 1. The molecule has 2 rings (SSSR count). The van der Waals surface area contributed by atoms with Crippen LogP contribution in [0.1, 0.15) is 10.4 Å². The first-order valence-corrected chi connectivity index (χ1v) is 6.31. The molecule has 0 aromatic carbocycles. The van der Waals surface area contributed by atoms with Crippen LogP contribution >= 0.6 is 0 Å². The van der Waals surface area contributed by atoms with Crippen molar-refractivity contribution in [3.63, 3.8) is 0 Å². The highest BCUT2D eigenvalue weighted by atomic mass is 16.4. The molecule has 0 saturated heterocycles. The van der Waals surface area contributed by atoms with Crippen LogP contribution in [-0.2, 0) is 11.8 Å². The molecule has 0 bridgehead atoms. The average molecular weight is 305 g/mol. The predicted molar refractivity (Wildman–Crippen MR) is 76.8 cm³/mol. The van der Waals surface area contributed by atoms with Crippen LogP contribution in [0.4, 0.5) is 5.82 Å². The first kappa shape index (κ1) is 15.4. The first-order valence-electron chi connectivity index (χ1n) is 6.31. The second kappa shape index (κ2) is 6.22. The van der Waals surface area contributed by atoms with E-state index in [1.165, 1.54) is 12.3 Å². The standard InChI is InChI=1S/C13H15N5O4/c1-18-5-8(4-16-18)7-2-9(11(14)15-3-7)12(20)17-10(6-19)13(21)22/h2-5,10,19H,6H2,1H3,(H2,14,15)(H,17,20)(H,21,22)/t10-/m0/s1. The van der Waals surface area contributed by atoms with Gasteiger partial charge in [-0.15, -0.1) is 0 Å². The van der Waals surface area contributed by atoms with Crippen LogP contribution < -0.4 is 11.1 Å². The lowest BCUT2D eigenvalue weighted by Gasteiger charge is -2.13. The van der Waals surface area contributed by atoms with E-state index in [1.807, 2.05) is 0 Å². The second-order valence-electron chi connectivity index (χ2n) is 4.61. The highest BCUT2D eigenvalue weighted by Gasteiger charge is 2.21. The van der Waals surface area contributed by atoms with Gasteiger partial charge in [0.2, 0.25) is 0 Å². The van der Waals surface area contributed by atoms with Crippen LogP contribution in [0, 0.1) is 0 Å². The van der Waals surface area contributed by atoms with Gasteiger partial charge < -0.3 is 21.3 Å². The van der Waals surface area contributed by atoms with Crippen LogP contribution in [0.25, 0.3) is 11.1 Å². The maximum absolute atomic E-state index is 12.1. The van der Waals surface area contributed by atoms with Gasteiger partial charge in [-0.3, -0.25) is 9.48 Å². The van der Waals surface area contributed by atoms with Gasteiger partial charge in [0.1, 0.15) is 5.82 Å². The number of aromatic nitrogens is 3. The number of anilines is 1. The molecule has 22 heavy (non-hydrogen) atoms. The molecule has 5 N–H and O–H groups in total. The van der Waals surface area contributed by atoms with Gasteiger partial charge in [-0.05, 0) is 6.07 Å². The number of nitrogens with one attached hydrogen (secondary N) is 1. The number of aryl methyl sites for hydroxylation is 1. The Kier molecular flexibility index (Phi) is 4.37. The van der Waals surface area contributed by atoms with Gasteiger partial charge in [0.15, 0.2) is 6.04 Å². The zero-order chi connectivity index (χ0) is 16.3. The number of aliphatic hydroxyl groups excluding tert-OH is 1. The fraction of sp³-hybridized carbons (Fsp3) is 0.231. The highest BCUT2D eigenvalue weighted by molar-refractivity contribution is 6.01. The van der Waals surface area contributed by atoms with Crippen LogP contribution in [0.3, 0.4) is 0 Å². The fourth-order valence-electron chi connectivity index (χ4n) is 1.81. The molecule has 0 saturated carbocycles. The third-order valence-corrected chi connectivity index (χ3v) is 2.99. The molecule has 0 aliphatic rings. The van der Waals surface area contributed by atoms with E-state index in [9.17, 15) is 9.59 Å². The third-order valence-electron chi connectivity index (χ3n) is 2.99. The maximum atomic E-state index is 12.1. The summed E-state index contributed by atoms with van der Waals surface area (Å²) < 4.78 is 1.59. The molecule has 0 unspecified atom stereocenters. The van der Waals surface area contributed by atoms with Gasteiger partial charge >= 0.3 is 5.97 Å². The van der Waals surface area contributed by atoms with Crippen molar-refractivity contribution in [3.05, 3.63) is 30.2 Å². The van der Waals surface area contributed by atoms with Crippen molar-refractivity contribution < 1.29 is 19.8 Å². The lowest BCUT2D eigenvalue weighted by Crippen LogP contribution is -2.43. The van der Waals surface area contributed by atoms with E-state index in [0.29, 0.717) is 5.56 Å². The Morgan fingerprint density at radius 3 is 2.68 bits per heavy atom. The minimum Gasteiger partial charge on any atom is -0.480 e. The van der Waals surface area contributed by atoms with E-state index in [2.05, 4.69) is 15.4 Å². The number of amides is 1. The highest BCUT2D eigenvalue weighted by Crippen LogP contribution is 2.21. The van der Waals surface area contributed by atoms with Gasteiger partial charge in [0.25, 0.3) is 5.91 Å². The molecular formula is C13H15N5O4. The average Bonchev–Trinajstić information content (AvgIpc) is 2.91. The first-order chi connectivity index (χ1) is 10.4. The van der Waals surface area contributed by atoms with Crippen molar-refractivity contribution in [2.24, 2.45) is 7.05 Å². The van der Waals surface area contributed by atoms with E-state index in [4.69, 9.17) is 15.9 Å². The third kappa shape index (κ3) is 3.20. The topological polar surface area (TPSA) is 143 Å². The van der Waals surface area contributed by atoms with Crippen molar-refractivity contribution in [3.8, 4) is 11.1 Å². The predicted octanol–water partition coefficient (Wildman–Crippen LogP) is -0.760. The quantitative estimate of drug-likeness (QED) is 0.568. The molecule has 1 atom stereocenters. The Balaban J connectivity index is 2.30. The van der Waals surface area contributed by atoms with Crippen molar-refractivity contribution >= 4 is 17.7 Å². The van der Waals surface area contributed by atoms with E-state index < -0.39 is 24.5 Å². The number of hydrogen-bond acceptors (Lipinski definition) is 6.